The highest BCUT2D eigenvalue weighted by atomic mass is 35.5. The molecule has 3 rings (SSSR count). The zero-order valence-corrected chi connectivity index (χ0v) is 16.3. The fourth-order valence-corrected chi connectivity index (χ4v) is 3.39. The number of hydrogen-bond acceptors (Lipinski definition) is 4. The summed E-state index contributed by atoms with van der Waals surface area (Å²) in [6, 6.07) is 10.4. The van der Waals surface area contributed by atoms with E-state index in [4.69, 9.17) is 16.3 Å². The zero-order valence-electron chi connectivity index (χ0n) is 15.5. The first-order valence-electron chi connectivity index (χ1n) is 8.71. The number of benzene rings is 2. The molecule has 6 nitrogen and oxygen atoms in total. The molecule has 0 aromatic heterocycles. The normalized spacial score (nSPS) is 13.7. The van der Waals surface area contributed by atoms with Gasteiger partial charge in [-0.05, 0) is 55.3 Å². The van der Waals surface area contributed by atoms with E-state index in [-0.39, 0.29) is 11.8 Å². The van der Waals surface area contributed by atoms with Crippen LogP contribution < -0.4 is 20.3 Å². The van der Waals surface area contributed by atoms with Gasteiger partial charge in [0.05, 0.1) is 12.1 Å². The van der Waals surface area contributed by atoms with Gasteiger partial charge < -0.3 is 20.3 Å². The van der Waals surface area contributed by atoms with Crippen LogP contribution in [0.2, 0.25) is 5.02 Å². The average molecular weight is 388 g/mol. The highest BCUT2D eigenvalue weighted by Gasteiger charge is 2.22. The van der Waals surface area contributed by atoms with Crippen molar-refractivity contribution >= 4 is 40.5 Å². The third kappa shape index (κ3) is 4.17. The number of fused-ring (bicyclic) bond motifs is 1. The topological polar surface area (TPSA) is 70.7 Å². The molecule has 0 aliphatic carbocycles. The molecular weight excluding hydrogens is 366 g/mol. The number of methoxy groups -OCH3 is 1. The Balaban J connectivity index is 1.65. The van der Waals surface area contributed by atoms with Crippen LogP contribution in [0.1, 0.15) is 19.4 Å². The third-order valence-electron chi connectivity index (χ3n) is 4.55. The van der Waals surface area contributed by atoms with Gasteiger partial charge in [0.2, 0.25) is 11.8 Å². The molecule has 2 aromatic carbocycles. The molecule has 0 fully saturated rings. The molecular formula is C20H22ClN3O3. The number of hydrogen-bond donors (Lipinski definition) is 2. The van der Waals surface area contributed by atoms with Crippen LogP contribution in [0.25, 0.3) is 0 Å². The Morgan fingerprint density at radius 3 is 2.59 bits per heavy atom. The summed E-state index contributed by atoms with van der Waals surface area (Å²) < 4.78 is 5.11. The van der Waals surface area contributed by atoms with E-state index >= 15 is 0 Å². The Hall–Kier alpha value is -2.73. The predicted molar refractivity (Wildman–Crippen MR) is 108 cm³/mol. The number of halogens is 1. The molecule has 1 aliphatic rings. The highest BCUT2D eigenvalue weighted by Crippen LogP contribution is 2.31. The van der Waals surface area contributed by atoms with Crippen molar-refractivity contribution in [1.82, 2.24) is 0 Å². The van der Waals surface area contributed by atoms with Crippen LogP contribution >= 0.6 is 11.6 Å². The van der Waals surface area contributed by atoms with Crippen molar-refractivity contribution in [3.63, 3.8) is 0 Å². The quantitative estimate of drug-likeness (QED) is 0.820. The Labute approximate surface area is 163 Å². The average Bonchev–Trinajstić information content (AvgIpc) is 3.05. The van der Waals surface area contributed by atoms with Crippen molar-refractivity contribution in [3.05, 3.63) is 47.0 Å². The zero-order chi connectivity index (χ0) is 19.6. The predicted octanol–water partition coefficient (Wildman–Crippen LogP) is 3.70. The number of anilines is 3. The molecule has 0 spiro atoms. The van der Waals surface area contributed by atoms with Crippen molar-refractivity contribution in [2.75, 3.05) is 29.2 Å². The molecule has 142 valence electrons. The van der Waals surface area contributed by atoms with E-state index in [0.717, 1.165) is 23.4 Å². The van der Waals surface area contributed by atoms with Gasteiger partial charge in [-0.3, -0.25) is 9.59 Å². The summed E-state index contributed by atoms with van der Waals surface area (Å²) in [4.78, 5) is 25.9. The van der Waals surface area contributed by atoms with Crippen molar-refractivity contribution < 1.29 is 14.3 Å². The summed E-state index contributed by atoms with van der Waals surface area (Å²) in [6.45, 7) is 4.05. The number of rotatable bonds is 5. The van der Waals surface area contributed by atoms with Crippen LogP contribution in [0.5, 0.6) is 5.75 Å². The Morgan fingerprint density at radius 1 is 1.19 bits per heavy atom. The summed E-state index contributed by atoms with van der Waals surface area (Å²) in [7, 11) is 1.54. The lowest BCUT2D eigenvalue weighted by molar-refractivity contribution is -0.117. The lowest BCUT2D eigenvalue weighted by Crippen LogP contribution is -2.31. The molecule has 27 heavy (non-hydrogen) atoms. The molecule has 2 aromatic rings. The Morgan fingerprint density at radius 2 is 1.93 bits per heavy atom. The van der Waals surface area contributed by atoms with Crippen molar-refractivity contribution in [3.8, 4) is 5.75 Å². The van der Waals surface area contributed by atoms with Gasteiger partial charge in [-0.15, -0.1) is 0 Å². The smallest absolute Gasteiger partial charge is 0.246 e. The van der Waals surface area contributed by atoms with Gasteiger partial charge in [-0.1, -0.05) is 11.6 Å². The number of amides is 2. The van der Waals surface area contributed by atoms with E-state index in [1.165, 1.54) is 7.11 Å². The van der Waals surface area contributed by atoms with Crippen LogP contribution in [0.4, 0.5) is 17.1 Å². The van der Waals surface area contributed by atoms with Crippen LogP contribution in [0.3, 0.4) is 0 Å². The SMILES string of the molecule is COc1ccc(NC(=O)[C@H](C)Nc2ccc3c(c2)CCN3C(C)=O)cc1Cl. The molecule has 0 saturated carbocycles. The van der Waals surface area contributed by atoms with Crippen molar-refractivity contribution in [2.24, 2.45) is 0 Å². The highest BCUT2D eigenvalue weighted by molar-refractivity contribution is 6.32. The second kappa shape index (κ2) is 7.88. The molecule has 1 aliphatic heterocycles. The number of carbonyl (C=O) groups excluding carboxylic acids is 2. The maximum atomic E-state index is 12.5. The Bertz CT molecular complexity index is 885. The standard InChI is InChI=1S/C20H22ClN3O3/c1-12(20(26)23-16-5-7-19(27-3)17(21)11-16)22-15-4-6-18-14(10-15)8-9-24(18)13(2)25/h4-7,10-12,22H,8-9H2,1-3H3,(H,23,26)/t12-/m0/s1. The summed E-state index contributed by atoms with van der Waals surface area (Å²) in [5.74, 6) is 0.418. The van der Waals surface area contributed by atoms with Gasteiger partial charge in [0.15, 0.2) is 0 Å². The second-order valence-electron chi connectivity index (χ2n) is 6.47. The maximum absolute atomic E-state index is 12.5. The van der Waals surface area contributed by atoms with Crippen LogP contribution in [-0.4, -0.2) is 31.5 Å². The molecule has 2 N–H and O–H groups in total. The van der Waals surface area contributed by atoms with E-state index in [1.807, 2.05) is 18.2 Å². The lowest BCUT2D eigenvalue weighted by atomic mass is 10.1. The summed E-state index contributed by atoms with van der Waals surface area (Å²) >= 11 is 6.09. The molecule has 0 unspecified atom stereocenters. The minimum Gasteiger partial charge on any atom is -0.495 e. The van der Waals surface area contributed by atoms with E-state index in [0.29, 0.717) is 23.0 Å². The van der Waals surface area contributed by atoms with E-state index < -0.39 is 6.04 Å². The molecule has 2 amide bonds. The van der Waals surface area contributed by atoms with Crippen molar-refractivity contribution in [2.45, 2.75) is 26.3 Å². The molecule has 0 radical (unpaired) electrons. The molecule has 0 bridgehead atoms. The largest absolute Gasteiger partial charge is 0.495 e. The third-order valence-corrected chi connectivity index (χ3v) is 4.85. The van der Waals surface area contributed by atoms with E-state index in [9.17, 15) is 9.59 Å². The Kier molecular flexibility index (Phi) is 5.56. The summed E-state index contributed by atoms with van der Waals surface area (Å²) in [6.07, 6.45) is 0.815. The number of ether oxygens (including phenoxy) is 1. The molecule has 7 heteroatoms. The summed E-state index contributed by atoms with van der Waals surface area (Å²) in [5, 5.41) is 6.47. The van der Waals surface area contributed by atoms with Gasteiger partial charge in [0.25, 0.3) is 0 Å². The molecule has 1 atom stereocenters. The van der Waals surface area contributed by atoms with Crippen LogP contribution in [0.15, 0.2) is 36.4 Å². The molecule has 0 saturated heterocycles. The van der Waals surface area contributed by atoms with Gasteiger partial charge in [0.1, 0.15) is 11.8 Å². The minimum absolute atomic E-state index is 0.0420. The number of carbonyl (C=O) groups is 2. The maximum Gasteiger partial charge on any atom is 0.246 e. The van der Waals surface area contributed by atoms with Gasteiger partial charge in [0, 0.05) is 30.5 Å². The van der Waals surface area contributed by atoms with Gasteiger partial charge in [-0.25, -0.2) is 0 Å². The first-order chi connectivity index (χ1) is 12.9. The first kappa shape index (κ1) is 19.0. The van der Waals surface area contributed by atoms with E-state index in [1.54, 1.807) is 36.9 Å². The van der Waals surface area contributed by atoms with Gasteiger partial charge in [-0.2, -0.15) is 0 Å². The molecule has 1 heterocycles. The second-order valence-corrected chi connectivity index (χ2v) is 6.88. The number of nitrogens with one attached hydrogen (secondary N) is 2. The van der Waals surface area contributed by atoms with Gasteiger partial charge >= 0.3 is 0 Å². The van der Waals surface area contributed by atoms with Crippen LogP contribution in [0, 0.1) is 0 Å². The lowest BCUT2D eigenvalue weighted by Gasteiger charge is -2.18. The number of nitrogens with zero attached hydrogens (tertiary/aromatic N) is 1. The first-order valence-corrected chi connectivity index (χ1v) is 9.09. The fourth-order valence-electron chi connectivity index (χ4n) is 3.13. The van der Waals surface area contributed by atoms with E-state index in [2.05, 4.69) is 10.6 Å². The van der Waals surface area contributed by atoms with Crippen molar-refractivity contribution in [1.29, 1.82) is 0 Å². The monoisotopic (exact) mass is 387 g/mol. The summed E-state index contributed by atoms with van der Waals surface area (Å²) in [5.41, 5.74) is 3.49. The van der Waals surface area contributed by atoms with Crippen LogP contribution in [-0.2, 0) is 16.0 Å². The fraction of sp³-hybridized carbons (Fsp3) is 0.300. The minimum atomic E-state index is -0.450.